The van der Waals surface area contributed by atoms with Gasteiger partial charge in [0.1, 0.15) is 0 Å². The lowest BCUT2D eigenvalue weighted by Gasteiger charge is -2.25. The molecule has 118 valence electrons. The number of hydrogen-bond acceptors (Lipinski definition) is 4. The Hall–Kier alpha value is -2.84. The molecular formula is C18H14ClN5. The number of aromatic nitrogens is 3. The van der Waals surface area contributed by atoms with Gasteiger partial charge in [0.25, 0.3) is 0 Å². The largest absolute Gasteiger partial charge is 0.339 e. The molecule has 5 nitrogen and oxygen atoms in total. The lowest BCUT2D eigenvalue weighted by molar-refractivity contribution is 0.605. The lowest BCUT2D eigenvalue weighted by Crippen LogP contribution is -2.21. The SMILES string of the molecule is Cc1nnn2c1-c1ccc(C#N)cc1N(c1ccc(Cl)cc1)CC2. The predicted octanol–water partition coefficient (Wildman–Crippen LogP) is 3.93. The van der Waals surface area contributed by atoms with Crippen LogP contribution in [0.2, 0.25) is 5.02 Å². The summed E-state index contributed by atoms with van der Waals surface area (Å²) in [5.41, 5.74) is 5.58. The van der Waals surface area contributed by atoms with E-state index in [1.165, 1.54) is 0 Å². The van der Waals surface area contributed by atoms with E-state index in [-0.39, 0.29) is 0 Å². The van der Waals surface area contributed by atoms with Crippen LogP contribution in [0.25, 0.3) is 11.3 Å². The fraction of sp³-hybridized carbons (Fsp3) is 0.167. The molecule has 0 unspecified atom stereocenters. The maximum atomic E-state index is 9.30. The Balaban J connectivity index is 1.94. The molecule has 2 heterocycles. The number of rotatable bonds is 1. The highest BCUT2D eigenvalue weighted by Gasteiger charge is 2.24. The molecule has 0 fully saturated rings. The average molecular weight is 336 g/mol. The van der Waals surface area contributed by atoms with E-state index in [4.69, 9.17) is 11.6 Å². The van der Waals surface area contributed by atoms with E-state index in [9.17, 15) is 5.26 Å². The Kier molecular flexibility index (Phi) is 3.47. The second-order valence-electron chi connectivity index (χ2n) is 5.72. The monoisotopic (exact) mass is 335 g/mol. The summed E-state index contributed by atoms with van der Waals surface area (Å²) in [6, 6.07) is 15.7. The van der Waals surface area contributed by atoms with E-state index in [1.54, 1.807) is 0 Å². The van der Waals surface area contributed by atoms with E-state index < -0.39 is 0 Å². The third-order valence-corrected chi connectivity index (χ3v) is 4.50. The van der Waals surface area contributed by atoms with Gasteiger partial charge in [-0.1, -0.05) is 16.8 Å². The van der Waals surface area contributed by atoms with Crippen molar-refractivity contribution in [3.8, 4) is 17.3 Å². The van der Waals surface area contributed by atoms with Gasteiger partial charge in [-0.2, -0.15) is 5.26 Å². The van der Waals surface area contributed by atoms with Gasteiger partial charge in [-0.15, -0.1) is 5.10 Å². The van der Waals surface area contributed by atoms with Crippen LogP contribution in [0.5, 0.6) is 0 Å². The first-order valence-electron chi connectivity index (χ1n) is 7.65. The molecule has 0 spiro atoms. The third kappa shape index (κ3) is 2.32. The van der Waals surface area contributed by atoms with E-state index in [0.29, 0.717) is 10.6 Å². The van der Waals surface area contributed by atoms with Crippen molar-refractivity contribution >= 4 is 23.0 Å². The third-order valence-electron chi connectivity index (χ3n) is 4.25. The van der Waals surface area contributed by atoms with Crippen molar-refractivity contribution in [2.24, 2.45) is 0 Å². The fourth-order valence-corrected chi connectivity index (χ4v) is 3.25. The summed E-state index contributed by atoms with van der Waals surface area (Å²) < 4.78 is 1.93. The number of nitrogens with zero attached hydrogens (tertiary/aromatic N) is 5. The van der Waals surface area contributed by atoms with Crippen molar-refractivity contribution in [2.45, 2.75) is 13.5 Å². The molecule has 1 aliphatic rings. The Labute approximate surface area is 144 Å². The highest BCUT2D eigenvalue weighted by atomic mass is 35.5. The second-order valence-corrected chi connectivity index (χ2v) is 6.15. The Morgan fingerprint density at radius 2 is 1.92 bits per heavy atom. The molecule has 0 aliphatic carbocycles. The van der Waals surface area contributed by atoms with Crippen molar-refractivity contribution in [2.75, 3.05) is 11.4 Å². The number of anilines is 2. The summed E-state index contributed by atoms with van der Waals surface area (Å²) >= 11 is 6.02. The smallest absolute Gasteiger partial charge is 0.0992 e. The summed E-state index contributed by atoms with van der Waals surface area (Å²) in [6.07, 6.45) is 0. The van der Waals surface area contributed by atoms with Crippen LogP contribution in [0.3, 0.4) is 0 Å². The number of fused-ring (bicyclic) bond motifs is 3. The molecule has 0 amide bonds. The molecule has 0 bridgehead atoms. The molecular weight excluding hydrogens is 322 g/mol. The predicted molar refractivity (Wildman–Crippen MR) is 93.4 cm³/mol. The molecule has 0 N–H and O–H groups in total. The number of aryl methyl sites for hydroxylation is 1. The minimum atomic E-state index is 0.631. The van der Waals surface area contributed by atoms with Gasteiger partial charge in [0.05, 0.1) is 35.3 Å². The van der Waals surface area contributed by atoms with Crippen molar-refractivity contribution in [1.82, 2.24) is 15.0 Å². The highest BCUT2D eigenvalue weighted by molar-refractivity contribution is 6.30. The minimum absolute atomic E-state index is 0.631. The van der Waals surface area contributed by atoms with Gasteiger partial charge in [-0.25, -0.2) is 4.68 Å². The molecule has 2 aromatic carbocycles. The molecule has 1 aliphatic heterocycles. The van der Waals surface area contributed by atoms with Crippen molar-refractivity contribution < 1.29 is 0 Å². The first kappa shape index (κ1) is 14.7. The van der Waals surface area contributed by atoms with Crippen LogP contribution in [0, 0.1) is 18.3 Å². The molecule has 0 radical (unpaired) electrons. The van der Waals surface area contributed by atoms with Gasteiger partial charge < -0.3 is 4.90 Å². The van der Waals surface area contributed by atoms with Gasteiger partial charge >= 0.3 is 0 Å². The van der Waals surface area contributed by atoms with E-state index >= 15 is 0 Å². The van der Waals surface area contributed by atoms with Crippen LogP contribution < -0.4 is 4.90 Å². The van der Waals surface area contributed by atoms with E-state index in [2.05, 4.69) is 21.3 Å². The van der Waals surface area contributed by atoms with Crippen LogP contribution >= 0.6 is 11.6 Å². The van der Waals surface area contributed by atoms with Gasteiger partial charge in [0, 0.05) is 22.8 Å². The first-order chi connectivity index (χ1) is 11.7. The van der Waals surface area contributed by atoms with Crippen LogP contribution in [-0.4, -0.2) is 21.5 Å². The summed E-state index contributed by atoms with van der Waals surface area (Å²) in [5, 5.41) is 18.5. The molecule has 3 aromatic rings. The molecule has 0 atom stereocenters. The molecule has 6 heteroatoms. The fourth-order valence-electron chi connectivity index (χ4n) is 3.12. The zero-order valence-corrected chi connectivity index (χ0v) is 13.8. The summed E-state index contributed by atoms with van der Waals surface area (Å²) in [6.45, 7) is 3.41. The zero-order valence-electron chi connectivity index (χ0n) is 13.1. The Morgan fingerprint density at radius 3 is 2.67 bits per heavy atom. The molecule has 0 saturated heterocycles. The van der Waals surface area contributed by atoms with Crippen LogP contribution in [0.1, 0.15) is 11.3 Å². The van der Waals surface area contributed by atoms with Gasteiger partial charge in [-0.05, 0) is 49.4 Å². The van der Waals surface area contributed by atoms with Crippen molar-refractivity contribution in [3.05, 3.63) is 58.7 Å². The zero-order chi connectivity index (χ0) is 16.7. The Morgan fingerprint density at radius 1 is 1.12 bits per heavy atom. The second kappa shape index (κ2) is 5.66. The normalized spacial score (nSPS) is 13.0. The van der Waals surface area contributed by atoms with E-state index in [1.807, 2.05) is 54.1 Å². The topological polar surface area (TPSA) is 57.7 Å². The standard InChI is InChI=1S/C18H14ClN5/c1-12-18-16-7-2-13(11-20)10-17(16)23(8-9-24(18)22-21-12)15-5-3-14(19)4-6-15/h2-7,10H,8-9H2,1H3. The maximum Gasteiger partial charge on any atom is 0.0992 e. The van der Waals surface area contributed by atoms with Crippen LogP contribution in [0.15, 0.2) is 42.5 Å². The maximum absolute atomic E-state index is 9.30. The van der Waals surface area contributed by atoms with Crippen LogP contribution in [-0.2, 0) is 6.54 Å². The minimum Gasteiger partial charge on any atom is -0.339 e. The molecule has 1 aromatic heterocycles. The molecule has 0 saturated carbocycles. The molecule has 4 rings (SSSR count). The Bertz CT molecular complexity index is 953. The van der Waals surface area contributed by atoms with Crippen LogP contribution in [0.4, 0.5) is 11.4 Å². The van der Waals surface area contributed by atoms with Gasteiger partial charge in [0.15, 0.2) is 0 Å². The number of benzene rings is 2. The number of nitriles is 1. The number of hydrogen-bond donors (Lipinski definition) is 0. The van der Waals surface area contributed by atoms with Crippen molar-refractivity contribution in [1.29, 1.82) is 5.26 Å². The summed E-state index contributed by atoms with van der Waals surface area (Å²) in [7, 11) is 0. The van der Waals surface area contributed by atoms with Gasteiger partial charge in [-0.3, -0.25) is 0 Å². The number of halogens is 1. The van der Waals surface area contributed by atoms with Crippen molar-refractivity contribution in [3.63, 3.8) is 0 Å². The van der Waals surface area contributed by atoms with Gasteiger partial charge in [0.2, 0.25) is 0 Å². The lowest BCUT2D eigenvalue weighted by atomic mass is 10.0. The highest BCUT2D eigenvalue weighted by Crippen LogP contribution is 2.39. The average Bonchev–Trinajstić information content (AvgIpc) is 2.88. The van der Waals surface area contributed by atoms with E-state index in [0.717, 1.165) is 41.4 Å². The summed E-state index contributed by atoms with van der Waals surface area (Å²) in [5.74, 6) is 0. The first-order valence-corrected chi connectivity index (χ1v) is 8.03. The summed E-state index contributed by atoms with van der Waals surface area (Å²) in [4.78, 5) is 2.20. The quantitative estimate of drug-likeness (QED) is 0.676. The molecule has 24 heavy (non-hydrogen) atoms.